The molecule has 0 aromatic rings. The van der Waals surface area contributed by atoms with Crippen molar-refractivity contribution in [3.63, 3.8) is 0 Å². The second-order valence-corrected chi connectivity index (χ2v) is 0.589. The Morgan fingerprint density at radius 1 is 1.00 bits per heavy atom. The second-order valence-electron chi connectivity index (χ2n) is 0.143. The first kappa shape index (κ1) is 15.8. The van der Waals surface area contributed by atoms with E-state index in [1.54, 1.807) is 0 Å². The fourth-order valence-electron chi connectivity index (χ4n) is 0. The molecule has 6 heavy (non-hydrogen) atoms. The largest absolute Gasteiger partial charge is 0 e. The van der Waals surface area contributed by atoms with Crippen LogP contribution in [0, 0.1) is 0 Å². The second kappa shape index (κ2) is 9.30. The fraction of sp³-hybridized carbons (Fsp3) is 0. The summed E-state index contributed by atoms with van der Waals surface area (Å²) in [6.07, 6.45) is 0. The molecule has 2 N–H and O–H groups in total. The molecule has 0 aromatic carbocycles. The van der Waals surface area contributed by atoms with Gasteiger partial charge in [0.15, 0.2) is 0 Å². The van der Waals surface area contributed by atoms with Crippen molar-refractivity contribution in [3.05, 3.63) is 0 Å². The summed E-state index contributed by atoms with van der Waals surface area (Å²) in [4.78, 5) is 0. The third-order valence-corrected chi connectivity index (χ3v) is 0. The summed E-state index contributed by atoms with van der Waals surface area (Å²) in [5.74, 6) is 0. The molecule has 0 atom stereocenters. The Morgan fingerprint density at radius 2 is 1.00 bits per heavy atom. The number of halogens is 3. The predicted octanol–water partition coefficient (Wildman–Crippen LogP) is 0.431. The van der Waals surface area contributed by atoms with E-state index in [1.807, 2.05) is 0 Å². The zero-order valence-electron chi connectivity index (χ0n) is 2.67. The number of hydrogen-bond donors (Lipinski definition) is 0. The van der Waals surface area contributed by atoms with Crippen molar-refractivity contribution in [2.75, 3.05) is 0 Å². The standard InChI is InChI=1S/Co.3FH.H2O.Zn/h;3*1H;1H2;/q+3;;;;;/p-3. The first-order valence-corrected chi connectivity index (χ1v) is 1.56. The molecule has 0 aromatic heterocycles. The minimum Gasteiger partial charge on any atom is 0 e. The molecule has 0 heterocycles. The molecule has 0 aliphatic rings. The van der Waals surface area contributed by atoms with Gasteiger partial charge in [-0.15, -0.1) is 0 Å². The molecule has 0 radical (unpaired) electrons. The van der Waals surface area contributed by atoms with Crippen LogP contribution in [0.15, 0.2) is 0 Å². The minimum atomic E-state index is -4.10. The molecule has 0 aliphatic heterocycles. The maximum absolute atomic E-state index is 9.73. The Hall–Kier alpha value is 0.880. The molecule has 0 saturated carbocycles. The van der Waals surface area contributed by atoms with Gasteiger partial charge in [-0.25, -0.2) is 0 Å². The molecular formula is H2CoF3OZn. The van der Waals surface area contributed by atoms with Crippen LogP contribution in [0.25, 0.3) is 0 Å². The molecule has 0 rings (SSSR count). The van der Waals surface area contributed by atoms with E-state index < -0.39 is 15.0 Å². The van der Waals surface area contributed by atoms with E-state index in [4.69, 9.17) is 0 Å². The first-order valence-electron chi connectivity index (χ1n) is 0.378. The third kappa shape index (κ3) is 94.9. The van der Waals surface area contributed by atoms with Crippen LogP contribution in [0.4, 0.5) is 10.7 Å². The van der Waals surface area contributed by atoms with Crippen LogP contribution in [-0.2, 0) is 34.5 Å². The summed E-state index contributed by atoms with van der Waals surface area (Å²) in [6.45, 7) is 0. The maximum Gasteiger partial charge on any atom is 0 e. The van der Waals surface area contributed by atoms with Gasteiger partial charge >= 0.3 is 25.7 Å². The van der Waals surface area contributed by atoms with Crippen LogP contribution >= 0.6 is 0 Å². The van der Waals surface area contributed by atoms with Crippen molar-refractivity contribution in [1.29, 1.82) is 0 Å². The molecule has 0 spiro atoms. The Morgan fingerprint density at radius 3 is 1.00 bits per heavy atom. The number of rotatable bonds is 0. The Balaban J connectivity index is -0.0000000450. The van der Waals surface area contributed by atoms with E-state index in [2.05, 4.69) is 0 Å². The van der Waals surface area contributed by atoms with Crippen molar-refractivity contribution in [3.8, 4) is 0 Å². The maximum atomic E-state index is 9.73. The SMILES string of the molecule is O.[F][Co]([F])[F].[Zn]. The van der Waals surface area contributed by atoms with Gasteiger partial charge in [0.1, 0.15) is 0 Å². The molecule has 1 nitrogen and oxygen atoms in total. The van der Waals surface area contributed by atoms with Crippen LogP contribution in [0.1, 0.15) is 0 Å². The molecule has 0 saturated heterocycles. The van der Waals surface area contributed by atoms with E-state index in [0.717, 1.165) is 0 Å². The fourth-order valence-corrected chi connectivity index (χ4v) is 0. The van der Waals surface area contributed by atoms with Crippen LogP contribution in [0.2, 0.25) is 0 Å². The smallest absolute Gasteiger partial charge is 0 e. The van der Waals surface area contributed by atoms with Gasteiger partial charge in [-0.2, -0.15) is 0 Å². The summed E-state index contributed by atoms with van der Waals surface area (Å²) in [5.41, 5.74) is 0. The molecule has 0 fully saturated rings. The first-order chi connectivity index (χ1) is 1.73. The monoisotopic (exact) mass is 198 g/mol. The third-order valence-electron chi connectivity index (χ3n) is 0. The summed E-state index contributed by atoms with van der Waals surface area (Å²) in [6, 6.07) is 0. The Bertz CT molecular complexity index is 15.5. The summed E-state index contributed by atoms with van der Waals surface area (Å²) < 4.78 is 29.2. The summed E-state index contributed by atoms with van der Waals surface area (Å²) >= 11 is -4.10. The van der Waals surface area contributed by atoms with Gasteiger partial charge in [-0.05, 0) is 0 Å². The van der Waals surface area contributed by atoms with Crippen molar-refractivity contribution in [1.82, 2.24) is 0 Å². The van der Waals surface area contributed by atoms with E-state index in [1.165, 1.54) is 0 Å². The van der Waals surface area contributed by atoms with E-state index in [-0.39, 0.29) is 25.0 Å². The van der Waals surface area contributed by atoms with E-state index >= 15 is 0 Å². The number of hydrogen-bond acceptors (Lipinski definition) is 0. The van der Waals surface area contributed by atoms with E-state index in [9.17, 15) is 10.7 Å². The normalized spacial score (nSPS) is 7.50. The van der Waals surface area contributed by atoms with Gasteiger partial charge in [0.25, 0.3) is 0 Å². The zero-order valence-corrected chi connectivity index (χ0v) is 6.68. The van der Waals surface area contributed by atoms with Crippen LogP contribution in [-0.4, -0.2) is 5.48 Å². The van der Waals surface area contributed by atoms with E-state index in [0.29, 0.717) is 0 Å². The van der Waals surface area contributed by atoms with Gasteiger partial charge in [-0.1, -0.05) is 0 Å². The molecule has 40 valence electrons. The quantitative estimate of drug-likeness (QED) is 0.507. The topological polar surface area (TPSA) is 31.5 Å². The Labute approximate surface area is 51.1 Å². The van der Waals surface area contributed by atoms with Crippen molar-refractivity contribution < 1.29 is 50.7 Å². The molecular weight excluding hydrogens is 197 g/mol. The van der Waals surface area contributed by atoms with Gasteiger partial charge in [0, 0.05) is 19.5 Å². The molecule has 0 aliphatic carbocycles. The van der Waals surface area contributed by atoms with Gasteiger partial charge < -0.3 is 5.48 Å². The van der Waals surface area contributed by atoms with Crippen LogP contribution < -0.4 is 0 Å². The van der Waals surface area contributed by atoms with Crippen molar-refractivity contribution in [2.45, 2.75) is 0 Å². The van der Waals surface area contributed by atoms with Gasteiger partial charge in [0.2, 0.25) is 0 Å². The zero-order chi connectivity index (χ0) is 3.58. The van der Waals surface area contributed by atoms with Gasteiger partial charge in [-0.3, -0.25) is 0 Å². The average molecular weight is 199 g/mol. The van der Waals surface area contributed by atoms with Crippen LogP contribution in [0.5, 0.6) is 0 Å². The summed E-state index contributed by atoms with van der Waals surface area (Å²) in [7, 11) is 0. The summed E-state index contributed by atoms with van der Waals surface area (Å²) in [5, 5.41) is 0. The van der Waals surface area contributed by atoms with Crippen molar-refractivity contribution >= 4 is 0 Å². The molecule has 0 amide bonds. The van der Waals surface area contributed by atoms with Crippen LogP contribution in [0.3, 0.4) is 0 Å². The van der Waals surface area contributed by atoms with Crippen molar-refractivity contribution in [2.24, 2.45) is 0 Å². The average Bonchev–Trinajstić information content (AvgIpc) is 0.811. The minimum absolute atomic E-state index is 0. The molecule has 0 unspecified atom stereocenters. The predicted molar refractivity (Wildman–Crippen MR) is 6.94 cm³/mol. The molecule has 0 bridgehead atoms. The molecule has 6 heteroatoms. The Kier molecular flexibility index (Phi) is 24.5. The van der Waals surface area contributed by atoms with Gasteiger partial charge in [0.05, 0.1) is 0 Å².